The van der Waals surface area contributed by atoms with Crippen LogP contribution in [-0.2, 0) is 0 Å². The molecule has 1 aromatic heterocycles. The fourth-order valence-electron chi connectivity index (χ4n) is 1.24. The molecule has 0 amide bonds. The summed E-state index contributed by atoms with van der Waals surface area (Å²) in [4.78, 5) is 8.05. The van der Waals surface area contributed by atoms with Crippen LogP contribution in [0.2, 0.25) is 5.15 Å². The highest BCUT2D eigenvalue weighted by Crippen LogP contribution is 2.19. The summed E-state index contributed by atoms with van der Waals surface area (Å²) in [5.41, 5.74) is 1.74. The van der Waals surface area contributed by atoms with Crippen LogP contribution in [0.1, 0.15) is 5.56 Å². The molecule has 0 aliphatic carbocycles. The van der Waals surface area contributed by atoms with Gasteiger partial charge in [-0.2, -0.15) is 0 Å². The lowest BCUT2D eigenvalue weighted by atomic mass is 10.1. The van der Waals surface area contributed by atoms with Gasteiger partial charge in [0.2, 0.25) is 0 Å². The van der Waals surface area contributed by atoms with Crippen LogP contribution in [0.5, 0.6) is 0 Å². The maximum atomic E-state index is 5.92. The van der Waals surface area contributed by atoms with Gasteiger partial charge in [-0.15, -0.1) is 0 Å². The van der Waals surface area contributed by atoms with E-state index in [2.05, 4.69) is 37.7 Å². The van der Waals surface area contributed by atoms with Crippen LogP contribution < -0.4 is 0 Å². The van der Waals surface area contributed by atoms with E-state index in [1.54, 1.807) is 0 Å². The van der Waals surface area contributed by atoms with Gasteiger partial charge in [0, 0.05) is 10.9 Å². The zero-order valence-electron chi connectivity index (χ0n) is 7.67. The van der Waals surface area contributed by atoms with Crippen molar-refractivity contribution in [3.63, 3.8) is 0 Å². The zero-order chi connectivity index (χ0) is 10.7. The van der Waals surface area contributed by atoms with Gasteiger partial charge in [-0.05, 0) is 18.2 Å². The van der Waals surface area contributed by atoms with Gasteiger partial charge in [0.1, 0.15) is 11.5 Å². The van der Waals surface area contributed by atoms with Crippen molar-refractivity contribution in [1.82, 2.24) is 9.97 Å². The van der Waals surface area contributed by atoms with Crippen molar-refractivity contribution < 1.29 is 0 Å². The number of aromatic nitrogens is 2. The van der Waals surface area contributed by atoms with Gasteiger partial charge >= 0.3 is 0 Å². The number of alkyl halides is 1. The van der Waals surface area contributed by atoms with E-state index in [1.807, 2.05) is 18.2 Å². The Hall–Kier alpha value is -1.11. The minimum atomic E-state index is 0.472. The fourth-order valence-corrected chi connectivity index (χ4v) is 1.58. The molecule has 2 nitrogen and oxygen atoms in total. The molecule has 0 N–H and O–H groups in total. The Kier molecular flexibility index (Phi) is 3.20. The summed E-state index contributed by atoms with van der Waals surface area (Å²) < 4.78 is 0. The Balaban J connectivity index is 2.57. The number of fused-ring (bicyclic) bond motifs is 1. The van der Waals surface area contributed by atoms with Crippen molar-refractivity contribution in [1.29, 1.82) is 0 Å². The average molecular weight is 282 g/mol. The van der Waals surface area contributed by atoms with Gasteiger partial charge in [-0.3, -0.25) is 0 Å². The summed E-state index contributed by atoms with van der Waals surface area (Å²) in [6.45, 7) is 0. The van der Waals surface area contributed by atoms with E-state index in [9.17, 15) is 0 Å². The lowest BCUT2D eigenvalue weighted by Gasteiger charge is -1.98. The van der Waals surface area contributed by atoms with Crippen molar-refractivity contribution in [3.05, 3.63) is 35.2 Å². The molecule has 15 heavy (non-hydrogen) atoms. The second-order valence-corrected chi connectivity index (χ2v) is 3.75. The molecule has 1 aromatic carbocycles. The molecule has 0 aliphatic rings. The highest BCUT2D eigenvalue weighted by molar-refractivity contribution is 9.09. The molecule has 0 aliphatic heterocycles. The Labute approximate surface area is 101 Å². The molecule has 0 saturated carbocycles. The summed E-state index contributed by atoms with van der Waals surface area (Å²) in [5, 5.41) is 1.99. The minimum Gasteiger partial charge on any atom is -0.236 e. The fraction of sp³-hybridized carbons (Fsp3) is 0.0909. The molecule has 74 valence electrons. The predicted molar refractivity (Wildman–Crippen MR) is 65.2 cm³/mol. The SMILES string of the molecule is Clc1ncnc2cc(C#CCBr)ccc12. The van der Waals surface area contributed by atoms with Crippen LogP contribution in [0.3, 0.4) is 0 Å². The maximum Gasteiger partial charge on any atom is 0.140 e. The lowest BCUT2D eigenvalue weighted by molar-refractivity contribution is 1.22. The van der Waals surface area contributed by atoms with E-state index in [1.165, 1.54) is 6.33 Å². The van der Waals surface area contributed by atoms with Crippen molar-refractivity contribution in [2.24, 2.45) is 0 Å². The summed E-state index contributed by atoms with van der Waals surface area (Å²) in [6.07, 6.45) is 1.45. The third-order valence-corrected chi connectivity index (χ3v) is 2.47. The Morgan fingerprint density at radius 3 is 3.00 bits per heavy atom. The third-order valence-electron chi connectivity index (χ3n) is 1.89. The second kappa shape index (κ2) is 4.61. The van der Waals surface area contributed by atoms with Gasteiger partial charge in [0.25, 0.3) is 0 Å². The first-order valence-electron chi connectivity index (χ1n) is 4.26. The maximum absolute atomic E-state index is 5.92. The van der Waals surface area contributed by atoms with Crippen LogP contribution in [0.15, 0.2) is 24.5 Å². The molecule has 0 saturated heterocycles. The first-order valence-corrected chi connectivity index (χ1v) is 5.76. The second-order valence-electron chi connectivity index (χ2n) is 2.83. The van der Waals surface area contributed by atoms with Crippen LogP contribution in [0.4, 0.5) is 0 Å². The van der Waals surface area contributed by atoms with E-state index in [0.717, 1.165) is 16.5 Å². The number of halogens is 2. The largest absolute Gasteiger partial charge is 0.236 e. The van der Waals surface area contributed by atoms with Crippen molar-refractivity contribution in [2.75, 3.05) is 5.33 Å². The molecule has 0 atom stereocenters. The van der Waals surface area contributed by atoms with Gasteiger partial charge in [-0.25, -0.2) is 9.97 Å². The molecule has 2 aromatic rings. The molecular formula is C11H6BrClN2. The molecule has 0 radical (unpaired) electrons. The Morgan fingerprint density at radius 1 is 1.33 bits per heavy atom. The van der Waals surface area contributed by atoms with Crippen LogP contribution >= 0.6 is 27.5 Å². The summed E-state index contributed by atoms with van der Waals surface area (Å²) in [6, 6.07) is 5.70. The minimum absolute atomic E-state index is 0.472. The van der Waals surface area contributed by atoms with Crippen LogP contribution in [0, 0.1) is 11.8 Å². The topological polar surface area (TPSA) is 25.8 Å². The molecule has 2 rings (SSSR count). The molecule has 0 unspecified atom stereocenters. The highest BCUT2D eigenvalue weighted by atomic mass is 79.9. The monoisotopic (exact) mass is 280 g/mol. The lowest BCUT2D eigenvalue weighted by Crippen LogP contribution is -1.84. The number of nitrogens with zero attached hydrogens (tertiary/aromatic N) is 2. The summed E-state index contributed by atoms with van der Waals surface area (Å²) in [5.74, 6) is 5.94. The number of benzene rings is 1. The molecular weight excluding hydrogens is 275 g/mol. The van der Waals surface area contributed by atoms with Crippen LogP contribution in [0.25, 0.3) is 10.9 Å². The Morgan fingerprint density at radius 2 is 2.20 bits per heavy atom. The first kappa shape index (κ1) is 10.4. The van der Waals surface area contributed by atoms with E-state index in [0.29, 0.717) is 10.5 Å². The number of hydrogen-bond acceptors (Lipinski definition) is 2. The van der Waals surface area contributed by atoms with Gasteiger partial charge in [-0.1, -0.05) is 39.4 Å². The van der Waals surface area contributed by atoms with E-state index < -0.39 is 0 Å². The standard InChI is InChI=1S/C11H6BrClN2/c12-5-1-2-8-3-4-9-10(6-8)14-7-15-11(9)13/h3-4,6-7H,5H2. The zero-order valence-corrected chi connectivity index (χ0v) is 10.0. The third kappa shape index (κ3) is 2.28. The number of rotatable bonds is 0. The normalized spacial score (nSPS) is 9.73. The molecule has 0 bridgehead atoms. The molecule has 0 spiro atoms. The van der Waals surface area contributed by atoms with Crippen LogP contribution in [-0.4, -0.2) is 15.3 Å². The predicted octanol–water partition coefficient (Wildman–Crippen LogP) is 3.03. The van der Waals surface area contributed by atoms with Crippen molar-refractivity contribution >= 4 is 38.4 Å². The van der Waals surface area contributed by atoms with Crippen molar-refractivity contribution in [2.45, 2.75) is 0 Å². The average Bonchev–Trinajstić information content (AvgIpc) is 2.26. The summed E-state index contributed by atoms with van der Waals surface area (Å²) in [7, 11) is 0. The van der Waals surface area contributed by atoms with E-state index in [-0.39, 0.29) is 0 Å². The summed E-state index contributed by atoms with van der Waals surface area (Å²) >= 11 is 9.17. The first-order chi connectivity index (χ1) is 7.31. The molecule has 0 fully saturated rings. The Bertz CT molecular complexity index is 557. The molecule has 1 heterocycles. The van der Waals surface area contributed by atoms with Gasteiger partial charge in [0.05, 0.1) is 10.8 Å². The quantitative estimate of drug-likeness (QED) is 0.421. The van der Waals surface area contributed by atoms with E-state index in [4.69, 9.17) is 11.6 Å². The van der Waals surface area contributed by atoms with Gasteiger partial charge < -0.3 is 0 Å². The number of hydrogen-bond donors (Lipinski definition) is 0. The van der Waals surface area contributed by atoms with Crippen molar-refractivity contribution in [3.8, 4) is 11.8 Å². The smallest absolute Gasteiger partial charge is 0.140 e. The van der Waals surface area contributed by atoms with Gasteiger partial charge in [0.15, 0.2) is 0 Å². The molecule has 4 heteroatoms. The highest BCUT2D eigenvalue weighted by Gasteiger charge is 2.00. The van der Waals surface area contributed by atoms with E-state index >= 15 is 0 Å².